The van der Waals surface area contributed by atoms with Crippen LogP contribution in [0.2, 0.25) is 5.02 Å². The first-order chi connectivity index (χ1) is 13.0. The van der Waals surface area contributed by atoms with Crippen LogP contribution in [-0.4, -0.2) is 26.4 Å². The second-order valence-corrected chi connectivity index (χ2v) is 8.08. The SMILES string of the molecule is CCn1c(Cc2ccc(Cl)cc2)nnc1SCC(=O)Nc1ccc(Br)cc1. The van der Waals surface area contributed by atoms with Gasteiger partial charge in [-0.25, -0.2) is 0 Å². The summed E-state index contributed by atoms with van der Waals surface area (Å²) < 4.78 is 3.01. The molecule has 2 aromatic carbocycles. The third-order valence-corrected chi connectivity index (χ3v) is 5.59. The fraction of sp³-hybridized carbons (Fsp3) is 0.211. The van der Waals surface area contributed by atoms with Crippen molar-refractivity contribution in [3.63, 3.8) is 0 Å². The summed E-state index contributed by atoms with van der Waals surface area (Å²) in [5.74, 6) is 1.07. The molecule has 1 amide bonds. The molecule has 3 aromatic rings. The number of nitrogens with zero attached hydrogens (tertiary/aromatic N) is 3. The third kappa shape index (κ3) is 5.57. The number of benzene rings is 2. The number of hydrogen-bond acceptors (Lipinski definition) is 4. The topological polar surface area (TPSA) is 59.8 Å². The Morgan fingerprint density at radius 2 is 1.85 bits per heavy atom. The highest BCUT2D eigenvalue weighted by molar-refractivity contribution is 9.10. The van der Waals surface area contributed by atoms with Gasteiger partial charge in [0, 0.05) is 28.1 Å². The number of anilines is 1. The van der Waals surface area contributed by atoms with Crippen LogP contribution in [0.3, 0.4) is 0 Å². The van der Waals surface area contributed by atoms with Gasteiger partial charge in [0.15, 0.2) is 5.16 Å². The predicted octanol–water partition coefficient (Wildman–Crippen LogP) is 5.04. The first-order valence-corrected chi connectivity index (χ1v) is 10.6. The van der Waals surface area contributed by atoms with Gasteiger partial charge in [-0.2, -0.15) is 0 Å². The van der Waals surface area contributed by atoms with E-state index in [1.165, 1.54) is 11.8 Å². The lowest BCUT2D eigenvalue weighted by Crippen LogP contribution is -2.14. The Bertz CT molecular complexity index is 912. The smallest absolute Gasteiger partial charge is 0.234 e. The van der Waals surface area contributed by atoms with Gasteiger partial charge in [0.05, 0.1) is 5.75 Å². The quantitative estimate of drug-likeness (QED) is 0.497. The Hall–Kier alpha value is -1.83. The summed E-state index contributed by atoms with van der Waals surface area (Å²) in [6.45, 7) is 2.78. The van der Waals surface area contributed by atoms with E-state index in [-0.39, 0.29) is 11.7 Å². The molecule has 0 atom stereocenters. The summed E-state index contributed by atoms with van der Waals surface area (Å²) in [6, 6.07) is 15.2. The standard InChI is InChI=1S/C19H18BrClN4OS/c1-2-25-17(11-13-3-7-15(21)8-4-13)23-24-19(25)27-12-18(26)22-16-9-5-14(20)6-10-16/h3-10H,2,11-12H2,1H3,(H,22,26). The fourth-order valence-corrected chi connectivity index (χ4v) is 3.73. The van der Waals surface area contributed by atoms with Crippen LogP contribution in [0.15, 0.2) is 58.2 Å². The zero-order valence-electron chi connectivity index (χ0n) is 14.7. The molecule has 0 saturated heterocycles. The molecular weight excluding hydrogens is 448 g/mol. The number of thioether (sulfide) groups is 1. The van der Waals surface area contributed by atoms with E-state index in [1.807, 2.05) is 60.0 Å². The van der Waals surface area contributed by atoms with Gasteiger partial charge in [0.2, 0.25) is 5.91 Å². The van der Waals surface area contributed by atoms with Gasteiger partial charge in [0.1, 0.15) is 5.82 Å². The van der Waals surface area contributed by atoms with Crippen LogP contribution >= 0.6 is 39.3 Å². The largest absolute Gasteiger partial charge is 0.325 e. The Morgan fingerprint density at radius 1 is 1.15 bits per heavy atom. The van der Waals surface area contributed by atoms with Crippen molar-refractivity contribution >= 4 is 50.9 Å². The minimum atomic E-state index is -0.0766. The minimum Gasteiger partial charge on any atom is -0.325 e. The summed E-state index contributed by atoms with van der Waals surface area (Å²) in [5, 5.41) is 12.9. The molecule has 8 heteroatoms. The van der Waals surface area contributed by atoms with Crippen LogP contribution < -0.4 is 5.32 Å². The number of nitrogens with one attached hydrogen (secondary N) is 1. The molecule has 0 fully saturated rings. The van der Waals surface area contributed by atoms with Crippen molar-refractivity contribution in [1.29, 1.82) is 0 Å². The molecular formula is C19H18BrClN4OS. The normalized spacial score (nSPS) is 10.8. The van der Waals surface area contributed by atoms with Gasteiger partial charge in [-0.05, 0) is 48.9 Å². The monoisotopic (exact) mass is 464 g/mol. The first kappa shape index (κ1) is 19.9. The highest BCUT2D eigenvalue weighted by Crippen LogP contribution is 2.20. The van der Waals surface area contributed by atoms with Crippen molar-refractivity contribution in [2.24, 2.45) is 0 Å². The van der Waals surface area contributed by atoms with E-state index >= 15 is 0 Å². The Morgan fingerprint density at radius 3 is 2.52 bits per heavy atom. The van der Waals surface area contributed by atoms with Gasteiger partial charge in [0.25, 0.3) is 0 Å². The van der Waals surface area contributed by atoms with Crippen molar-refractivity contribution in [1.82, 2.24) is 14.8 Å². The van der Waals surface area contributed by atoms with Crippen LogP contribution in [-0.2, 0) is 17.8 Å². The summed E-state index contributed by atoms with van der Waals surface area (Å²) in [6.07, 6.45) is 0.670. The summed E-state index contributed by atoms with van der Waals surface area (Å²) in [5.41, 5.74) is 1.88. The maximum absolute atomic E-state index is 12.2. The molecule has 0 aliphatic heterocycles. The van der Waals surface area contributed by atoms with E-state index in [0.717, 1.165) is 33.2 Å². The zero-order valence-corrected chi connectivity index (χ0v) is 17.8. The van der Waals surface area contributed by atoms with E-state index < -0.39 is 0 Å². The van der Waals surface area contributed by atoms with Crippen molar-refractivity contribution in [3.05, 3.63) is 69.4 Å². The average molecular weight is 466 g/mol. The van der Waals surface area contributed by atoms with E-state index in [2.05, 4.69) is 31.4 Å². The minimum absolute atomic E-state index is 0.0766. The number of halogens is 2. The van der Waals surface area contributed by atoms with Crippen molar-refractivity contribution in [3.8, 4) is 0 Å². The molecule has 0 radical (unpaired) electrons. The highest BCUT2D eigenvalue weighted by atomic mass is 79.9. The van der Waals surface area contributed by atoms with Crippen LogP contribution in [0.5, 0.6) is 0 Å². The number of hydrogen-bond donors (Lipinski definition) is 1. The van der Waals surface area contributed by atoms with Crippen LogP contribution in [0.25, 0.3) is 0 Å². The molecule has 0 aliphatic carbocycles. The molecule has 1 heterocycles. The maximum atomic E-state index is 12.2. The van der Waals surface area contributed by atoms with Gasteiger partial charge < -0.3 is 9.88 Å². The molecule has 0 unspecified atom stereocenters. The molecule has 0 aliphatic rings. The van der Waals surface area contributed by atoms with Crippen LogP contribution in [0.1, 0.15) is 18.3 Å². The zero-order chi connectivity index (χ0) is 19.2. The highest BCUT2D eigenvalue weighted by Gasteiger charge is 2.13. The molecule has 3 rings (SSSR count). The van der Waals surface area contributed by atoms with Gasteiger partial charge in [-0.3, -0.25) is 4.79 Å². The van der Waals surface area contributed by atoms with Crippen LogP contribution in [0.4, 0.5) is 5.69 Å². The number of carbonyl (C=O) groups excluding carboxylic acids is 1. The van der Waals surface area contributed by atoms with Crippen LogP contribution in [0, 0.1) is 0 Å². The molecule has 5 nitrogen and oxygen atoms in total. The third-order valence-electron chi connectivity index (χ3n) is 3.85. The second-order valence-electron chi connectivity index (χ2n) is 5.79. The van der Waals surface area contributed by atoms with Gasteiger partial charge in [-0.1, -0.05) is 51.4 Å². The van der Waals surface area contributed by atoms with E-state index in [1.54, 1.807) is 0 Å². The lowest BCUT2D eigenvalue weighted by Gasteiger charge is -2.08. The van der Waals surface area contributed by atoms with Crippen molar-refractivity contribution in [2.45, 2.75) is 25.0 Å². The lowest BCUT2D eigenvalue weighted by atomic mass is 10.1. The Labute approximate surface area is 175 Å². The molecule has 0 bridgehead atoms. The number of amides is 1. The molecule has 1 aromatic heterocycles. The fourth-order valence-electron chi connectivity index (χ4n) is 2.52. The Kier molecular flexibility index (Phi) is 6.93. The lowest BCUT2D eigenvalue weighted by molar-refractivity contribution is -0.113. The number of carbonyl (C=O) groups is 1. The summed E-state index contributed by atoms with van der Waals surface area (Å²) >= 11 is 10.7. The summed E-state index contributed by atoms with van der Waals surface area (Å²) in [4.78, 5) is 12.2. The van der Waals surface area contributed by atoms with E-state index in [0.29, 0.717) is 11.4 Å². The maximum Gasteiger partial charge on any atom is 0.234 e. The predicted molar refractivity (Wildman–Crippen MR) is 113 cm³/mol. The number of rotatable bonds is 7. The molecule has 0 saturated carbocycles. The first-order valence-electron chi connectivity index (χ1n) is 8.40. The molecule has 0 spiro atoms. The second kappa shape index (κ2) is 9.39. The Balaban J connectivity index is 1.61. The van der Waals surface area contributed by atoms with E-state index in [4.69, 9.17) is 11.6 Å². The number of aromatic nitrogens is 3. The van der Waals surface area contributed by atoms with Gasteiger partial charge in [-0.15, -0.1) is 10.2 Å². The summed E-state index contributed by atoms with van der Waals surface area (Å²) in [7, 11) is 0. The van der Waals surface area contributed by atoms with Crippen molar-refractivity contribution < 1.29 is 4.79 Å². The average Bonchev–Trinajstić information content (AvgIpc) is 3.05. The molecule has 1 N–H and O–H groups in total. The van der Waals surface area contributed by atoms with Gasteiger partial charge >= 0.3 is 0 Å². The van der Waals surface area contributed by atoms with E-state index in [9.17, 15) is 4.79 Å². The molecule has 27 heavy (non-hydrogen) atoms. The van der Waals surface area contributed by atoms with Crippen molar-refractivity contribution in [2.75, 3.05) is 11.1 Å². The molecule has 140 valence electrons.